The lowest BCUT2D eigenvalue weighted by atomic mass is 10.1. The Balaban J connectivity index is 0.00000261. The standard InChI is InChI=1S/C17H30N6O3.HI/c1-2-18-16(19-4-6-23-15(24)11-20-17(23)25)22-5-3-14(13-22)12-21-7-9-26-10-8-21;/h14H,2-13H2,1H3,(H,18,19)(H,20,25);1H. The number of imide groups is 1. The lowest BCUT2D eigenvalue weighted by molar-refractivity contribution is -0.124. The minimum Gasteiger partial charge on any atom is -0.379 e. The van der Waals surface area contributed by atoms with Crippen molar-refractivity contribution in [3.05, 3.63) is 0 Å². The van der Waals surface area contributed by atoms with Crippen LogP contribution >= 0.6 is 24.0 Å². The summed E-state index contributed by atoms with van der Waals surface area (Å²) >= 11 is 0. The number of halogens is 1. The molecule has 3 fully saturated rings. The molecule has 9 nitrogen and oxygen atoms in total. The Morgan fingerprint density at radius 1 is 1.30 bits per heavy atom. The molecule has 3 aliphatic rings. The van der Waals surface area contributed by atoms with E-state index in [1.807, 2.05) is 6.92 Å². The first-order valence-corrected chi connectivity index (χ1v) is 9.59. The highest BCUT2D eigenvalue weighted by atomic mass is 127. The number of morpholine rings is 1. The lowest BCUT2D eigenvalue weighted by Crippen LogP contribution is -2.43. The number of hydrogen-bond donors (Lipinski definition) is 2. The molecule has 27 heavy (non-hydrogen) atoms. The summed E-state index contributed by atoms with van der Waals surface area (Å²) in [4.78, 5) is 33.9. The Bertz CT molecular complexity index is 525. The van der Waals surface area contributed by atoms with E-state index in [9.17, 15) is 9.59 Å². The quantitative estimate of drug-likeness (QED) is 0.230. The van der Waals surface area contributed by atoms with Crippen LogP contribution in [-0.4, -0.2) is 105 Å². The summed E-state index contributed by atoms with van der Waals surface area (Å²) in [5.74, 6) is 1.34. The summed E-state index contributed by atoms with van der Waals surface area (Å²) in [6.07, 6.45) is 1.16. The van der Waals surface area contributed by atoms with E-state index in [1.165, 1.54) is 4.90 Å². The summed E-state index contributed by atoms with van der Waals surface area (Å²) in [7, 11) is 0. The maximum atomic E-state index is 11.6. The van der Waals surface area contributed by atoms with Crippen LogP contribution in [0.5, 0.6) is 0 Å². The van der Waals surface area contributed by atoms with Crippen LogP contribution in [0.3, 0.4) is 0 Å². The zero-order valence-corrected chi connectivity index (χ0v) is 18.3. The normalized spacial score (nSPS) is 24.2. The first-order chi connectivity index (χ1) is 12.7. The average Bonchev–Trinajstić information content (AvgIpc) is 3.23. The van der Waals surface area contributed by atoms with Gasteiger partial charge in [-0.15, -0.1) is 24.0 Å². The summed E-state index contributed by atoms with van der Waals surface area (Å²) in [5.41, 5.74) is 0. The van der Waals surface area contributed by atoms with E-state index in [4.69, 9.17) is 4.74 Å². The van der Waals surface area contributed by atoms with Gasteiger partial charge in [0.2, 0.25) is 5.91 Å². The second kappa shape index (κ2) is 11.0. The molecule has 2 N–H and O–H groups in total. The zero-order valence-electron chi connectivity index (χ0n) is 16.0. The van der Waals surface area contributed by atoms with Gasteiger partial charge < -0.3 is 20.3 Å². The second-order valence-electron chi connectivity index (χ2n) is 6.95. The molecule has 3 aliphatic heterocycles. The zero-order chi connectivity index (χ0) is 18.4. The highest BCUT2D eigenvalue weighted by Crippen LogP contribution is 2.18. The number of nitrogens with zero attached hydrogens (tertiary/aromatic N) is 4. The average molecular weight is 494 g/mol. The van der Waals surface area contributed by atoms with Crippen LogP contribution in [0, 0.1) is 5.92 Å². The number of carbonyl (C=O) groups excluding carboxylic acids is 2. The van der Waals surface area contributed by atoms with Gasteiger partial charge in [-0.1, -0.05) is 0 Å². The van der Waals surface area contributed by atoms with Gasteiger partial charge in [0.05, 0.1) is 32.8 Å². The number of nitrogens with one attached hydrogen (secondary N) is 2. The number of aliphatic imine (C=N–C) groups is 1. The van der Waals surface area contributed by atoms with Crippen molar-refractivity contribution < 1.29 is 14.3 Å². The molecule has 1 unspecified atom stereocenters. The molecule has 0 saturated carbocycles. The Kier molecular flexibility index (Phi) is 9.03. The number of guanidine groups is 1. The van der Waals surface area contributed by atoms with Crippen molar-refractivity contribution in [2.45, 2.75) is 13.3 Å². The highest BCUT2D eigenvalue weighted by molar-refractivity contribution is 14.0. The van der Waals surface area contributed by atoms with E-state index < -0.39 is 0 Å². The second-order valence-corrected chi connectivity index (χ2v) is 6.95. The van der Waals surface area contributed by atoms with E-state index >= 15 is 0 Å². The molecular weight excluding hydrogens is 463 g/mol. The predicted molar refractivity (Wildman–Crippen MR) is 113 cm³/mol. The molecule has 0 spiro atoms. The van der Waals surface area contributed by atoms with Crippen molar-refractivity contribution >= 4 is 41.9 Å². The molecule has 0 aromatic heterocycles. The Morgan fingerprint density at radius 3 is 2.74 bits per heavy atom. The summed E-state index contributed by atoms with van der Waals surface area (Å²) in [5, 5.41) is 5.87. The van der Waals surface area contributed by atoms with E-state index in [-0.39, 0.29) is 42.5 Å². The van der Waals surface area contributed by atoms with E-state index in [2.05, 4.69) is 25.4 Å². The number of hydrogen-bond acceptors (Lipinski definition) is 5. The van der Waals surface area contributed by atoms with Crippen LogP contribution in [0.4, 0.5) is 4.79 Å². The Labute approximate surface area is 177 Å². The Hall–Kier alpha value is -1.14. The fourth-order valence-corrected chi connectivity index (χ4v) is 3.69. The molecule has 3 rings (SSSR count). The van der Waals surface area contributed by atoms with Gasteiger partial charge in [0.15, 0.2) is 5.96 Å². The van der Waals surface area contributed by atoms with Crippen molar-refractivity contribution in [2.24, 2.45) is 10.9 Å². The van der Waals surface area contributed by atoms with Gasteiger partial charge in [0.1, 0.15) is 0 Å². The number of likely N-dealkylation sites (tertiary alicyclic amines) is 1. The van der Waals surface area contributed by atoms with Crippen LogP contribution in [0.2, 0.25) is 0 Å². The minimum atomic E-state index is -0.318. The third-order valence-electron chi connectivity index (χ3n) is 5.06. The first kappa shape index (κ1) is 22.2. The van der Waals surface area contributed by atoms with Crippen molar-refractivity contribution in [3.63, 3.8) is 0 Å². The van der Waals surface area contributed by atoms with E-state index in [1.54, 1.807) is 0 Å². The van der Waals surface area contributed by atoms with Crippen LogP contribution in [0.1, 0.15) is 13.3 Å². The largest absolute Gasteiger partial charge is 0.379 e. The number of urea groups is 1. The van der Waals surface area contributed by atoms with Gasteiger partial charge in [-0.3, -0.25) is 19.6 Å². The molecule has 0 aromatic carbocycles. The number of carbonyl (C=O) groups is 2. The fraction of sp³-hybridized carbons (Fsp3) is 0.824. The number of amides is 3. The smallest absolute Gasteiger partial charge is 0.324 e. The molecule has 0 aliphatic carbocycles. The maximum Gasteiger partial charge on any atom is 0.324 e. The fourth-order valence-electron chi connectivity index (χ4n) is 3.69. The summed E-state index contributed by atoms with van der Waals surface area (Å²) in [6.45, 7) is 10.5. The first-order valence-electron chi connectivity index (χ1n) is 9.59. The number of ether oxygens (including phenoxy) is 1. The Morgan fingerprint density at radius 2 is 2.07 bits per heavy atom. The van der Waals surface area contributed by atoms with Gasteiger partial charge in [0, 0.05) is 39.3 Å². The SMILES string of the molecule is CCNC(=NCCN1C(=O)CNC1=O)N1CCC(CN2CCOCC2)C1.I. The summed E-state index contributed by atoms with van der Waals surface area (Å²) < 4.78 is 5.42. The van der Waals surface area contributed by atoms with Gasteiger partial charge in [0.25, 0.3) is 0 Å². The van der Waals surface area contributed by atoms with Crippen LogP contribution in [0.25, 0.3) is 0 Å². The molecule has 0 bridgehead atoms. The monoisotopic (exact) mass is 494 g/mol. The molecule has 1 atom stereocenters. The van der Waals surface area contributed by atoms with E-state index in [0.717, 1.165) is 64.9 Å². The van der Waals surface area contributed by atoms with Gasteiger partial charge >= 0.3 is 6.03 Å². The predicted octanol–water partition coefficient (Wildman–Crippen LogP) is -0.224. The van der Waals surface area contributed by atoms with Crippen molar-refractivity contribution in [1.29, 1.82) is 0 Å². The molecule has 10 heteroatoms. The minimum absolute atomic E-state index is 0. The van der Waals surface area contributed by atoms with Crippen molar-refractivity contribution in [2.75, 3.05) is 72.1 Å². The molecule has 3 saturated heterocycles. The third kappa shape index (κ3) is 6.18. The topological polar surface area (TPSA) is 89.5 Å². The van der Waals surface area contributed by atoms with Crippen molar-refractivity contribution in [1.82, 2.24) is 25.3 Å². The van der Waals surface area contributed by atoms with Gasteiger partial charge in [-0.05, 0) is 19.3 Å². The molecule has 0 radical (unpaired) electrons. The summed E-state index contributed by atoms with van der Waals surface area (Å²) in [6, 6.07) is -0.318. The molecule has 154 valence electrons. The van der Waals surface area contributed by atoms with Crippen LogP contribution < -0.4 is 10.6 Å². The van der Waals surface area contributed by atoms with Gasteiger partial charge in [-0.25, -0.2) is 4.79 Å². The molecule has 0 aromatic rings. The highest BCUT2D eigenvalue weighted by Gasteiger charge is 2.29. The van der Waals surface area contributed by atoms with Gasteiger partial charge in [-0.2, -0.15) is 0 Å². The third-order valence-corrected chi connectivity index (χ3v) is 5.06. The van der Waals surface area contributed by atoms with E-state index in [0.29, 0.717) is 19.0 Å². The van der Waals surface area contributed by atoms with Crippen LogP contribution in [-0.2, 0) is 9.53 Å². The van der Waals surface area contributed by atoms with Crippen LogP contribution in [0.15, 0.2) is 4.99 Å². The lowest BCUT2D eigenvalue weighted by Gasteiger charge is -2.29. The molecular formula is C17H31IN6O3. The molecule has 3 heterocycles. The van der Waals surface area contributed by atoms with Crippen molar-refractivity contribution in [3.8, 4) is 0 Å². The maximum absolute atomic E-state index is 11.6. The molecule has 3 amide bonds. The number of rotatable bonds is 6.